The molecule has 0 amide bonds. The van der Waals surface area contributed by atoms with Gasteiger partial charge in [0, 0.05) is 10.8 Å². The molecule has 0 saturated carbocycles. The van der Waals surface area contributed by atoms with Crippen LogP contribution in [0.4, 0.5) is 11.6 Å². The Kier molecular flexibility index (Phi) is 5.13. The minimum Gasteiger partial charge on any atom is -0.382 e. The highest BCUT2D eigenvalue weighted by Gasteiger charge is 2.07. The molecule has 1 radical (unpaired) electrons. The summed E-state index contributed by atoms with van der Waals surface area (Å²) in [5, 5.41) is 2.10. The molecule has 0 atom stereocenters. The van der Waals surface area contributed by atoms with Gasteiger partial charge in [0.2, 0.25) is 0 Å². The normalized spacial score (nSPS) is 10.6. The maximum Gasteiger partial charge on any atom is 0.152 e. The number of anilines is 2. The van der Waals surface area contributed by atoms with Crippen LogP contribution < -0.4 is 11.5 Å². The number of imidazole rings is 2. The Bertz CT molecular complexity index is 1340. The molecule has 0 unspecified atom stereocenters. The molecular formula is C22H21N8. The van der Waals surface area contributed by atoms with Crippen LogP contribution in [0.15, 0.2) is 61.2 Å². The zero-order valence-corrected chi connectivity index (χ0v) is 16.4. The molecule has 0 spiro atoms. The van der Waals surface area contributed by atoms with Gasteiger partial charge in [-0.1, -0.05) is 50.2 Å². The van der Waals surface area contributed by atoms with Gasteiger partial charge in [0.25, 0.3) is 0 Å². The summed E-state index contributed by atoms with van der Waals surface area (Å²) in [5.74, 6) is 0.944. The van der Waals surface area contributed by atoms with E-state index in [2.05, 4.69) is 36.8 Å². The lowest BCUT2D eigenvalue weighted by molar-refractivity contribution is 1.34. The molecule has 8 heteroatoms. The number of aromatic nitrogens is 6. The number of pyridine rings is 2. The first-order chi connectivity index (χ1) is 14.7. The van der Waals surface area contributed by atoms with Gasteiger partial charge in [0.1, 0.15) is 11.0 Å². The van der Waals surface area contributed by atoms with E-state index in [0.29, 0.717) is 11.6 Å². The van der Waals surface area contributed by atoms with Crippen LogP contribution in [0, 0.1) is 6.92 Å². The van der Waals surface area contributed by atoms with Crippen LogP contribution in [-0.4, -0.2) is 29.9 Å². The smallest absolute Gasteiger partial charge is 0.152 e. The van der Waals surface area contributed by atoms with E-state index in [1.165, 1.54) is 0 Å². The number of nitrogens with one attached hydrogen (secondary N) is 2. The largest absolute Gasteiger partial charge is 0.382 e. The lowest BCUT2D eigenvalue weighted by atomic mass is 10.2. The predicted octanol–water partition coefficient (Wildman–Crippen LogP) is 4.23. The van der Waals surface area contributed by atoms with Gasteiger partial charge in [0.15, 0.2) is 11.6 Å². The second kappa shape index (κ2) is 8.04. The molecular weight excluding hydrogens is 376 g/mol. The molecule has 2 aromatic carbocycles. The first-order valence-electron chi connectivity index (χ1n) is 9.37. The van der Waals surface area contributed by atoms with E-state index in [1.807, 2.05) is 48.5 Å². The van der Waals surface area contributed by atoms with Crippen molar-refractivity contribution in [2.75, 3.05) is 11.5 Å². The van der Waals surface area contributed by atoms with Crippen LogP contribution in [0.25, 0.3) is 43.9 Å². The monoisotopic (exact) mass is 397 g/mol. The molecule has 30 heavy (non-hydrogen) atoms. The van der Waals surface area contributed by atoms with E-state index in [1.54, 1.807) is 19.6 Å². The second-order valence-electron chi connectivity index (χ2n) is 6.28. The van der Waals surface area contributed by atoms with Crippen LogP contribution in [-0.2, 0) is 0 Å². The summed E-state index contributed by atoms with van der Waals surface area (Å²) >= 11 is 0. The Morgan fingerprint density at radius 3 is 1.50 bits per heavy atom. The highest BCUT2D eigenvalue weighted by Crippen LogP contribution is 2.25. The molecule has 0 aliphatic heterocycles. The number of nitrogens with zero attached hydrogens (tertiary/aromatic N) is 4. The Morgan fingerprint density at radius 2 is 1.07 bits per heavy atom. The van der Waals surface area contributed by atoms with Crippen molar-refractivity contribution < 1.29 is 0 Å². The molecule has 0 aliphatic rings. The molecule has 4 aromatic heterocycles. The number of para-hydroxylation sites is 2. The second-order valence-corrected chi connectivity index (χ2v) is 6.28. The summed E-state index contributed by atoms with van der Waals surface area (Å²) in [6.07, 6.45) is 3.27. The zero-order chi connectivity index (χ0) is 21.1. The Labute approximate surface area is 172 Å². The van der Waals surface area contributed by atoms with Crippen molar-refractivity contribution in [2.45, 2.75) is 6.92 Å². The van der Waals surface area contributed by atoms with Crippen molar-refractivity contribution in [1.29, 1.82) is 0 Å². The predicted molar refractivity (Wildman–Crippen MR) is 123 cm³/mol. The van der Waals surface area contributed by atoms with E-state index >= 15 is 0 Å². The lowest BCUT2D eigenvalue weighted by Crippen LogP contribution is -1.92. The minimum atomic E-state index is 0.472. The molecule has 149 valence electrons. The molecule has 0 aliphatic carbocycles. The Morgan fingerprint density at radius 1 is 0.667 bits per heavy atom. The van der Waals surface area contributed by atoms with Gasteiger partial charge in [-0.25, -0.2) is 19.9 Å². The standard InChI is InChI=1S/2C10H8N4.C2H5/c2*11-10-9-8(12-5-13-9)6-3-1-2-4-7(6)14-10;1-2/h2*1-5H,(H2,11,14)(H,12,13);1H2,2H3. The Hall–Kier alpha value is -4.20. The first kappa shape index (κ1) is 19.1. The topological polar surface area (TPSA) is 135 Å². The number of benzene rings is 2. The van der Waals surface area contributed by atoms with Crippen LogP contribution in [0.5, 0.6) is 0 Å². The van der Waals surface area contributed by atoms with E-state index in [0.717, 1.165) is 43.9 Å². The average Bonchev–Trinajstić information content (AvgIpc) is 3.47. The zero-order valence-electron chi connectivity index (χ0n) is 16.4. The van der Waals surface area contributed by atoms with Crippen LogP contribution in [0.3, 0.4) is 0 Å². The van der Waals surface area contributed by atoms with Crippen molar-refractivity contribution in [3.05, 3.63) is 68.1 Å². The summed E-state index contributed by atoms with van der Waals surface area (Å²) in [5.41, 5.74) is 16.7. The molecule has 6 aromatic rings. The summed E-state index contributed by atoms with van der Waals surface area (Å²) in [6.45, 7) is 5.00. The first-order valence-corrected chi connectivity index (χ1v) is 9.37. The summed E-state index contributed by atoms with van der Waals surface area (Å²) in [4.78, 5) is 22.9. The third kappa shape index (κ3) is 3.24. The number of H-pyrrole nitrogens is 2. The fraction of sp³-hybridized carbons (Fsp3) is 0.0455. The molecule has 0 fully saturated rings. The van der Waals surface area contributed by atoms with Gasteiger partial charge in [-0.15, -0.1) is 0 Å². The fourth-order valence-electron chi connectivity index (χ4n) is 3.32. The molecule has 0 saturated heterocycles. The van der Waals surface area contributed by atoms with Gasteiger partial charge in [-0.2, -0.15) is 0 Å². The third-order valence-electron chi connectivity index (χ3n) is 4.59. The number of nitrogens with two attached hydrogens (primary N) is 2. The van der Waals surface area contributed by atoms with Gasteiger partial charge in [-0.3, -0.25) is 0 Å². The number of rotatable bonds is 0. The maximum atomic E-state index is 5.77. The van der Waals surface area contributed by atoms with Crippen LogP contribution in [0.2, 0.25) is 0 Å². The van der Waals surface area contributed by atoms with Gasteiger partial charge >= 0.3 is 0 Å². The summed E-state index contributed by atoms with van der Waals surface area (Å²) in [6, 6.07) is 15.7. The molecule has 8 nitrogen and oxygen atoms in total. The maximum absolute atomic E-state index is 5.77. The van der Waals surface area contributed by atoms with Crippen LogP contribution >= 0.6 is 0 Å². The molecule has 6 rings (SSSR count). The van der Waals surface area contributed by atoms with E-state index in [9.17, 15) is 0 Å². The SMILES string of the molecule is Nc1nc2ccccc2c2[nH]cnc12.Nc1nc2ccccc2c2[nH]cnc12.[CH2]C. The summed E-state index contributed by atoms with van der Waals surface area (Å²) in [7, 11) is 0. The average molecular weight is 397 g/mol. The third-order valence-corrected chi connectivity index (χ3v) is 4.59. The number of hydrogen-bond acceptors (Lipinski definition) is 6. The van der Waals surface area contributed by atoms with Crippen molar-refractivity contribution >= 4 is 55.5 Å². The lowest BCUT2D eigenvalue weighted by Gasteiger charge is -1.99. The van der Waals surface area contributed by atoms with Crippen LogP contribution in [0.1, 0.15) is 6.92 Å². The van der Waals surface area contributed by atoms with Crippen molar-refractivity contribution in [2.24, 2.45) is 0 Å². The van der Waals surface area contributed by atoms with E-state index in [4.69, 9.17) is 11.5 Å². The number of fused-ring (bicyclic) bond motifs is 6. The van der Waals surface area contributed by atoms with Gasteiger partial charge in [0.05, 0.1) is 34.7 Å². The molecule has 4 heterocycles. The van der Waals surface area contributed by atoms with Crippen molar-refractivity contribution in [1.82, 2.24) is 29.9 Å². The summed E-state index contributed by atoms with van der Waals surface area (Å²) < 4.78 is 0. The van der Waals surface area contributed by atoms with E-state index in [-0.39, 0.29) is 0 Å². The van der Waals surface area contributed by atoms with Crippen molar-refractivity contribution in [3.63, 3.8) is 0 Å². The number of nitrogen functional groups attached to an aromatic ring is 2. The van der Waals surface area contributed by atoms with Gasteiger partial charge < -0.3 is 21.4 Å². The fourth-order valence-corrected chi connectivity index (χ4v) is 3.32. The Balaban J connectivity index is 0.000000134. The highest BCUT2D eigenvalue weighted by molar-refractivity contribution is 6.06. The highest BCUT2D eigenvalue weighted by atomic mass is 14.9. The molecule has 0 bridgehead atoms. The quantitative estimate of drug-likeness (QED) is 0.303. The molecule has 6 N–H and O–H groups in total. The number of hydrogen-bond donors (Lipinski definition) is 4. The van der Waals surface area contributed by atoms with E-state index < -0.39 is 0 Å². The van der Waals surface area contributed by atoms with Crippen molar-refractivity contribution in [3.8, 4) is 0 Å². The number of aromatic amines is 2. The minimum absolute atomic E-state index is 0.472. The van der Waals surface area contributed by atoms with Gasteiger partial charge in [-0.05, 0) is 12.1 Å².